The number of nitrogens with two attached hydrogens (primary N) is 1. The molecule has 0 bridgehead atoms. The molecule has 0 spiro atoms. The Bertz CT molecular complexity index is 166. The molecule has 1 unspecified atom stereocenters. The topological polar surface area (TPSA) is 75.3 Å². The Morgan fingerprint density at radius 1 is 1.75 bits per heavy atom. The normalized spacial score (nSPS) is 30.8. The summed E-state index contributed by atoms with van der Waals surface area (Å²) < 4.78 is 0. The quantitative estimate of drug-likeness (QED) is 0.520. The third kappa shape index (κ3) is 2.46. The van der Waals surface area contributed by atoms with Crippen LogP contribution in [0.25, 0.3) is 0 Å². The molecule has 4 nitrogen and oxygen atoms in total. The summed E-state index contributed by atoms with van der Waals surface area (Å²) in [6, 6.07) is -0.261. The fourth-order valence-corrected chi connectivity index (χ4v) is 1.31. The number of aliphatic hydroxyl groups excluding tert-OH is 1. The molecule has 0 aromatic heterocycles. The minimum Gasteiger partial charge on any atom is -0.393 e. The van der Waals surface area contributed by atoms with Crippen molar-refractivity contribution in [2.75, 3.05) is 6.54 Å². The second-order valence-corrected chi connectivity index (χ2v) is 3.52. The Balaban J connectivity index is 2.06. The number of primary amides is 1. The highest BCUT2D eigenvalue weighted by Gasteiger charge is 2.27. The van der Waals surface area contributed by atoms with E-state index in [0.717, 1.165) is 19.4 Å². The van der Waals surface area contributed by atoms with E-state index in [2.05, 4.69) is 5.32 Å². The molecule has 1 atom stereocenters. The van der Waals surface area contributed by atoms with Crippen molar-refractivity contribution in [3.8, 4) is 0 Å². The van der Waals surface area contributed by atoms with Crippen LogP contribution in [-0.2, 0) is 4.79 Å². The minimum atomic E-state index is -0.324. The molecule has 0 heterocycles. The van der Waals surface area contributed by atoms with Gasteiger partial charge in [-0.1, -0.05) is 0 Å². The van der Waals surface area contributed by atoms with Crippen LogP contribution in [0.15, 0.2) is 0 Å². The summed E-state index contributed by atoms with van der Waals surface area (Å²) in [5.41, 5.74) is 5.06. The van der Waals surface area contributed by atoms with Gasteiger partial charge in [-0.2, -0.15) is 0 Å². The first-order valence-corrected chi connectivity index (χ1v) is 4.30. The number of amides is 1. The maximum absolute atomic E-state index is 10.6. The van der Waals surface area contributed by atoms with Gasteiger partial charge in [-0.05, 0) is 32.2 Å². The highest BCUT2D eigenvalue weighted by atomic mass is 16.3. The van der Waals surface area contributed by atoms with Crippen molar-refractivity contribution in [1.82, 2.24) is 5.32 Å². The van der Waals surface area contributed by atoms with E-state index in [0.29, 0.717) is 5.92 Å². The van der Waals surface area contributed by atoms with Crippen molar-refractivity contribution in [2.45, 2.75) is 31.9 Å². The van der Waals surface area contributed by atoms with E-state index in [4.69, 9.17) is 10.8 Å². The molecule has 4 N–H and O–H groups in total. The summed E-state index contributed by atoms with van der Waals surface area (Å²) in [6.07, 6.45) is 1.57. The summed E-state index contributed by atoms with van der Waals surface area (Å²) >= 11 is 0. The van der Waals surface area contributed by atoms with Crippen LogP contribution in [0.5, 0.6) is 0 Å². The molecule has 1 amide bonds. The van der Waals surface area contributed by atoms with Crippen molar-refractivity contribution in [3.05, 3.63) is 0 Å². The van der Waals surface area contributed by atoms with Crippen molar-refractivity contribution < 1.29 is 9.90 Å². The lowest BCUT2D eigenvalue weighted by molar-refractivity contribution is -0.119. The van der Waals surface area contributed by atoms with Gasteiger partial charge in [-0.3, -0.25) is 4.79 Å². The number of hydrogen-bond acceptors (Lipinski definition) is 3. The molecule has 1 rings (SSSR count). The molecule has 0 aliphatic heterocycles. The van der Waals surface area contributed by atoms with Crippen molar-refractivity contribution >= 4 is 5.91 Å². The van der Waals surface area contributed by atoms with E-state index in [1.165, 1.54) is 0 Å². The first kappa shape index (κ1) is 9.48. The smallest absolute Gasteiger partial charge is 0.234 e. The SMILES string of the molecule is CC(NCC1CC(O)C1)C(N)=O. The molecule has 1 saturated carbocycles. The molecule has 1 aliphatic rings. The maximum Gasteiger partial charge on any atom is 0.234 e. The largest absolute Gasteiger partial charge is 0.393 e. The Hall–Kier alpha value is -0.610. The van der Waals surface area contributed by atoms with Gasteiger partial charge >= 0.3 is 0 Å². The first-order chi connectivity index (χ1) is 5.59. The number of hydrogen-bond donors (Lipinski definition) is 3. The van der Waals surface area contributed by atoms with Crippen LogP contribution >= 0.6 is 0 Å². The van der Waals surface area contributed by atoms with E-state index < -0.39 is 0 Å². The molecule has 0 aromatic carbocycles. The highest BCUT2D eigenvalue weighted by molar-refractivity contribution is 5.79. The summed E-state index contributed by atoms with van der Waals surface area (Å²) in [5, 5.41) is 12.0. The third-order valence-electron chi connectivity index (χ3n) is 2.35. The molecule has 0 aromatic rings. The van der Waals surface area contributed by atoms with Gasteiger partial charge in [-0.15, -0.1) is 0 Å². The Morgan fingerprint density at radius 3 is 2.75 bits per heavy atom. The summed E-state index contributed by atoms with van der Waals surface area (Å²) in [5.74, 6) is 0.191. The highest BCUT2D eigenvalue weighted by Crippen LogP contribution is 2.26. The number of carbonyl (C=O) groups excluding carboxylic acids is 1. The molecule has 70 valence electrons. The monoisotopic (exact) mass is 172 g/mol. The van der Waals surface area contributed by atoms with E-state index >= 15 is 0 Å². The van der Waals surface area contributed by atoms with Gasteiger partial charge in [0.2, 0.25) is 5.91 Å². The fourth-order valence-electron chi connectivity index (χ4n) is 1.31. The van der Waals surface area contributed by atoms with Crippen molar-refractivity contribution in [3.63, 3.8) is 0 Å². The van der Waals surface area contributed by atoms with E-state index in [1.54, 1.807) is 6.92 Å². The second-order valence-electron chi connectivity index (χ2n) is 3.52. The van der Waals surface area contributed by atoms with Crippen LogP contribution in [0, 0.1) is 5.92 Å². The number of rotatable bonds is 4. The first-order valence-electron chi connectivity index (χ1n) is 4.30. The lowest BCUT2D eigenvalue weighted by Crippen LogP contribution is -2.44. The van der Waals surface area contributed by atoms with E-state index in [1.807, 2.05) is 0 Å². The zero-order valence-electron chi connectivity index (χ0n) is 7.29. The number of aliphatic hydroxyl groups is 1. The third-order valence-corrected chi connectivity index (χ3v) is 2.35. The molecular weight excluding hydrogens is 156 g/mol. The molecule has 0 saturated heterocycles. The average Bonchev–Trinajstić information content (AvgIpc) is 1.95. The zero-order chi connectivity index (χ0) is 9.14. The van der Waals surface area contributed by atoms with Gasteiger partial charge in [0, 0.05) is 0 Å². The predicted octanol–water partition coefficient (Wildman–Crippen LogP) is -0.779. The fraction of sp³-hybridized carbons (Fsp3) is 0.875. The van der Waals surface area contributed by atoms with Crippen LogP contribution in [0.1, 0.15) is 19.8 Å². The standard InChI is InChI=1S/C8H16N2O2/c1-5(8(9)12)10-4-6-2-7(11)3-6/h5-7,10-11H,2-4H2,1H3,(H2,9,12). The lowest BCUT2D eigenvalue weighted by atomic mass is 9.82. The minimum absolute atomic E-state index is 0.124. The van der Waals surface area contributed by atoms with Gasteiger partial charge in [0.1, 0.15) is 0 Å². The van der Waals surface area contributed by atoms with Gasteiger partial charge in [0.15, 0.2) is 0 Å². The molecular formula is C8H16N2O2. The summed E-state index contributed by atoms with van der Waals surface area (Å²) in [7, 11) is 0. The molecule has 0 radical (unpaired) electrons. The second kappa shape index (κ2) is 3.87. The van der Waals surface area contributed by atoms with E-state index in [9.17, 15) is 4.79 Å². The van der Waals surface area contributed by atoms with Crippen LogP contribution in [0.2, 0.25) is 0 Å². The average molecular weight is 172 g/mol. The Morgan fingerprint density at radius 2 is 2.33 bits per heavy atom. The van der Waals surface area contributed by atoms with E-state index in [-0.39, 0.29) is 18.1 Å². The molecule has 1 fully saturated rings. The lowest BCUT2D eigenvalue weighted by Gasteiger charge is -2.32. The number of nitrogens with one attached hydrogen (secondary N) is 1. The predicted molar refractivity (Wildman–Crippen MR) is 45.4 cm³/mol. The van der Waals surface area contributed by atoms with Crippen molar-refractivity contribution in [2.24, 2.45) is 11.7 Å². The van der Waals surface area contributed by atoms with Gasteiger partial charge in [-0.25, -0.2) is 0 Å². The Kier molecular flexibility index (Phi) is 3.05. The van der Waals surface area contributed by atoms with Gasteiger partial charge in [0.25, 0.3) is 0 Å². The summed E-state index contributed by atoms with van der Waals surface area (Å²) in [6.45, 7) is 2.53. The summed E-state index contributed by atoms with van der Waals surface area (Å²) in [4.78, 5) is 10.6. The van der Waals surface area contributed by atoms with Gasteiger partial charge in [0.05, 0.1) is 12.1 Å². The van der Waals surface area contributed by atoms with Gasteiger partial charge < -0.3 is 16.2 Å². The van der Waals surface area contributed by atoms with Crippen molar-refractivity contribution in [1.29, 1.82) is 0 Å². The molecule has 1 aliphatic carbocycles. The molecule has 12 heavy (non-hydrogen) atoms. The van der Waals surface area contributed by atoms with Crippen LogP contribution in [0.3, 0.4) is 0 Å². The molecule has 4 heteroatoms. The zero-order valence-corrected chi connectivity index (χ0v) is 7.29. The van der Waals surface area contributed by atoms with Crippen LogP contribution < -0.4 is 11.1 Å². The maximum atomic E-state index is 10.6. The Labute approximate surface area is 72.1 Å². The number of carbonyl (C=O) groups is 1. The van der Waals surface area contributed by atoms with Crippen LogP contribution in [-0.4, -0.2) is 29.7 Å². The van der Waals surface area contributed by atoms with Crippen LogP contribution in [0.4, 0.5) is 0 Å².